The highest BCUT2D eigenvalue weighted by Gasteiger charge is 2.34. The minimum atomic E-state index is -0.156. The number of carbonyl (C=O) groups excluding carboxylic acids is 2. The smallest absolute Gasteiger partial charge is 0.325 e. The molecule has 2 aromatic rings. The minimum Gasteiger partial charge on any atom is -0.472 e. The van der Waals surface area contributed by atoms with Crippen LogP contribution in [-0.2, 0) is 4.79 Å². The molecule has 2 saturated heterocycles. The Morgan fingerprint density at radius 1 is 1.17 bits per heavy atom. The molecule has 1 aromatic carbocycles. The van der Waals surface area contributed by atoms with E-state index < -0.39 is 0 Å². The van der Waals surface area contributed by atoms with E-state index in [-0.39, 0.29) is 24.6 Å². The van der Waals surface area contributed by atoms with Crippen molar-refractivity contribution >= 4 is 29.2 Å². The van der Waals surface area contributed by atoms with E-state index in [4.69, 9.17) is 16.3 Å². The third kappa shape index (κ3) is 4.45. The lowest BCUT2D eigenvalue weighted by atomic mass is 10.3. The minimum absolute atomic E-state index is 0.0559. The summed E-state index contributed by atoms with van der Waals surface area (Å²) in [6.07, 6.45) is 0.680. The molecule has 29 heavy (non-hydrogen) atoms. The molecule has 0 saturated carbocycles. The van der Waals surface area contributed by atoms with Crippen LogP contribution in [0.25, 0.3) is 0 Å². The van der Waals surface area contributed by atoms with Crippen LogP contribution in [0.15, 0.2) is 42.5 Å². The topological polar surface area (TPSA) is 66.0 Å². The van der Waals surface area contributed by atoms with Crippen molar-refractivity contribution < 1.29 is 14.3 Å². The Morgan fingerprint density at radius 2 is 1.97 bits per heavy atom. The summed E-state index contributed by atoms with van der Waals surface area (Å²) in [6.45, 7) is 4.21. The number of pyridine rings is 1. The van der Waals surface area contributed by atoms with Gasteiger partial charge in [0.25, 0.3) is 0 Å². The van der Waals surface area contributed by atoms with Crippen molar-refractivity contribution in [2.45, 2.75) is 19.4 Å². The van der Waals surface area contributed by atoms with E-state index in [1.54, 1.807) is 26.8 Å². The van der Waals surface area contributed by atoms with Crippen LogP contribution in [0.1, 0.15) is 12.1 Å². The first-order valence-corrected chi connectivity index (χ1v) is 10.1. The van der Waals surface area contributed by atoms with Crippen LogP contribution in [0.5, 0.6) is 5.88 Å². The Bertz CT molecular complexity index is 905. The van der Waals surface area contributed by atoms with E-state index in [9.17, 15) is 9.59 Å². The fourth-order valence-corrected chi connectivity index (χ4v) is 3.78. The first-order chi connectivity index (χ1) is 14.0. The summed E-state index contributed by atoms with van der Waals surface area (Å²) in [5, 5.41) is 0.624. The van der Waals surface area contributed by atoms with E-state index in [0.717, 1.165) is 17.8 Å². The van der Waals surface area contributed by atoms with Crippen LogP contribution in [-0.4, -0.2) is 65.5 Å². The van der Waals surface area contributed by atoms with Gasteiger partial charge < -0.3 is 14.5 Å². The molecular weight excluding hydrogens is 392 g/mol. The summed E-state index contributed by atoms with van der Waals surface area (Å²) >= 11 is 5.92. The molecule has 7 nitrogen and oxygen atoms in total. The molecule has 1 atom stereocenters. The number of halogens is 1. The first-order valence-electron chi connectivity index (χ1n) is 9.70. The molecule has 0 N–H and O–H groups in total. The van der Waals surface area contributed by atoms with Gasteiger partial charge in [0.2, 0.25) is 11.8 Å². The van der Waals surface area contributed by atoms with Gasteiger partial charge in [0, 0.05) is 48.5 Å². The Kier molecular flexibility index (Phi) is 5.58. The van der Waals surface area contributed by atoms with Gasteiger partial charge in [-0.15, -0.1) is 0 Å². The summed E-state index contributed by atoms with van der Waals surface area (Å²) < 4.78 is 5.91. The molecule has 1 unspecified atom stereocenters. The largest absolute Gasteiger partial charge is 0.472 e. The van der Waals surface area contributed by atoms with Crippen LogP contribution in [0.4, 0.5) is 10.5 Å². The lowest BCUT2D eigenvalue weighted by Gasteiger charge is -2.22. The average molecular weight is 415 g/mol. The van der Waals surface area contributed by atoms with Gasteiger partial charge >= 0.3 is 6.03 Å². The van der Waals surface area contributed by atoms with Crippen molar-refractivity contribution in [2.75, 3.05) is 37.6 Å². The van der Waals surface area contributed by atoms with Gasteiger partial charge in [0.05, 0.1) is 6.54 Å². The molecule has 0 bridgehead atoms. The molecule has 0 spiro atoms. The molecule has 3 heterocycles. The van der Waals surface area contributed by atoms with Crippen molar-refractivity contribution in [1.82, 2.24) is 14.8 Å². The number of urea groups is 1. The molecule has 2 aliphatic heterocycles. The van der Waals surface area contributed by atoms with E-state index in [1.165, 1.54) is 0 Å². The number of nitrogens with zero attached hydrogens (tertiary/aromatic N) is 4. The third-order valence-corrected chi connectivity index (χ3v) is 5.46. The fraction of sp³-hybridized carbons (Fsp3) is 0.381. The maximum Gasteiger partial charge on any atom is 0.325 e. The predicted octanol–water partition coefficient (Wildman–Crippen LogP) is 2.97. The Morgan fingerprint density at radius 3 is 2.72 bits per heavy atom. The number of carbonyl (C=O) groups is 2. The van der Waals surface area contributed by atoms with E-state index in [0.29, 0.717) is 37.1 Å². The normalized spacial score (nSPS) is 19.2. The number of ether oxygens (including phenoxy) is 1. The highest BCUT2D eigenvalue weighted by atomic mass is 35.5. The quantitative estimate of drug-likeness (QED) is 0.754. The van der Waals surface area contributed by atoms with Gasteiger partial charge in [-0.05, 0) is 37.3 Å². The van der Waals surface area contributed by atoms with Gasteiger partial charge in [0.1, 0.15) is 12.6 Å². The standard InChI is InChI=1S/C21H23ClN4O3/c1-15-3-2-4-19(23-15)29-18-9-10-24(13-18)20(27)14-25-11-12-26(21(25)28)17-7-5-16(22)6-8-17/h2-8,18H,9-14H2,1H3. The molecule has 4 rings (SSSR count). The molecule has 0 radical (unpaired) electrons. The summed E-state index contributed by atoms with van der Waals surface area (Å²) in [7, 11) is 0. The molecule has 0 aliphatic carbocycles. The molecule has 2 aliphatic rings. The summed E-state index contributed by atoms with van der Waals surface area (Å²) in [4.78, 5) is 34.8. The van der Waals surface area contributed by atoms with Crippen LogP contribution in [0.3, 0.4) is 0 Å². The summed E-state index contributed by atoms with van der Waals surface area (Å²) in [5.74, 6) is 0.525. The zero-order chi connectivity index (χ0) is 20.4. The number of aromatic nitrogens is 1. The van der Waals surface area contributed by atoms with Crippen molar-refractivity contribution in [1.29, 1.82) is 0 Å². The zero-order valence-electron chi connectivity index (χ0n) is 16.3. The second-order valence-corrected chi connectivity index (χ2v) is 7.75. The second kappa shape index (κ2) is 8.29. The number of likely N-dealkylation sites (tertiary alicyclic amines) is 1. The molecule has 8 heteroatoms. The molecule has 1 aromatic heterocycles. The Labute approximate surface area is 174 Å². The number of aryl methyl sites for hydroxylation is 1. The maximum absolute atomic E-state index is 12.7. The number of benzene rings is 1. The Balaban J connectivity index is 1.30. The van der Waals surface area contributed by atoms with Crippen LogP contribution in [0.2, 0.25) is 5.02 Å². The van der Waals surface area contributed by atoms with E-state index >= 15 is 0 Å². The van der Waals surface area contributed by atoms with Gasteiger partial charge in [-0.3, -0.25) is 9.69 Å². The first kappa shape index (κ1) is 19.5. The molecule has 3 amide bonds. The number of hydrogen-bond donors (Lipinski definition) is 0. The van der Waals surface area contributed by atoms with Crippen LogP contribution < -0.4 is 9.64 Å². The van der Waals surface area contributed by atoms with Crippen molar-refractivity contribution in [3.8, 4) is 5.88 Å². The molecular formula is C21H23ClN4O3. The molecule has 2 fully saturated rings. The monoisotopic (exact) mass is 414 g/mol. The van der Waals surface area contributed by atoms with Gasteiger partial charge in [0.15, 0.2) is 0 Å². The van der Waals surface area contributed by atoms with Crippen LogP contribution >= 0.6 is 11.6 Å². The maximum atomic E-state index is 12.7. The number of anilines is 1. The van der Waals surface area contributed by atoms with Gasteiger partial charge in [-0.2, -0.15) is 0 Å². The van der Waals surface area contributed by atoms with Crippen molar-refractivity contribution in [3.05, 3.63) is 53.2 Å². The Hall–Kier alpha value is -2.80. The van der Waals surface area contributed by atoms with Gasteiger partial charge in [-0.25, -0.2) is 9.78 Å². The van der Waals surface area contributed by atoms with E-state index in [1.807, 2.05) is 37.3 Å². The van der Waals surface area contributed by atoms with Crippen molar-refractivity contribution in [2.24, 2.45) is 0 Å². The number of rotatable bonds is 5. The highest BCUT2D eigenvalue weighted by molar-refractivity contribution is 6.30. The summed E-state index contributed by atoms with van der Waals surface area (Å²) in [5.41, 5.74) is 1.68. The highest BCUT2D eigenvalue weighted by Crippen LogP contribution is 2.23. The average Bonchev–Trinajstić information content (AvgIpc) is 3.30. The number of hydrogen-bond acceptors (Lipinski definition) is 4. The number of amides is 3. The lowest BCUT2D eigenvalue weighted by molar-refractivity contribution is -0.130. The third-order valence-electron chi connectivity index (χ3n) is 5.21. The molecule has 152 valence electrons. The second-order valence-electron chi connectivity index (χ2n) is 7.32. The fourth-order valence-electron chi connectivity index (χ4n) is 3.66. The van der Waals surface area contributed by atoms with Gasteiger partial charge in [-0.1, -0.05) is 17.7 Å². The lowest BCUT2D eigenvalue weighted by Crippen LogP contribution is -2.42. The summed E-state index contributed by atoms with van der Waals surface area (Å²) in [6, 6.07) is 12.6. The van der Waals surface area contributed by atoms with E-state index in [2.05, 4.69) is 4.98 Å². The van der Waals surface area contributed by atoms with Crippen molar-refractivity contribution in [3.63, 3.8) is 0 Å². The van der Waals surface area contributed by atoms with Crippen LogP contribution in [0, 0.1) is 6.92 Å². The zero-order valence-corrected chi connectivity index (χ0v) is 17.0. The predicted molar refractivity (Wildman–Crippen MR) is 110 cm³/mol. The SMILES string of the molecule is Cc1cccc(OC2CCN(C(=O)CN3CCN(c4ccc(Cl)cc4)C3=O)C2)n1.